The first-order valence-corrected chi connectivity index (χ1v) is 2.69. The summed E-state index contributed by atoms with van der Waals surface area (Å²) in [5.74, 6) is -0.646. The summed E-state index contributed by atoms with van der Waals surface area (Å²) >= 11 is 0. The van der Waals surface area contributed by atoms with Gasteiger partial charge in [0.1, 0.15) is 0 Å². The van der Waals surface area contributed by atoms with E-state index in [-0.39, 0.29) is 6.61 Å². The Morgan fingerprint density at radius 2 is 2.56 bits per heavy atom. The average Bonchev–Trinajstić information content (AvgIpc) is 1.87. The lowest BCUT2D eigenvalue weighted by Crippen LogP contribution is -2.19. The lowest BCUT2D eigenvalue weighted by molar-refractivity contribution is -0.150. The van der Waals surface area contributed by atoms with Crippen LogP contribution in [-0.4, -0.2) is 23.8 Å². The molecule has 3 heteroatoms. The SMILES string of the molecule is C=C[C@H](O)C(=O)OCC. The summed E-state index contributed by atoms with van der Waals surface area (Å²) in [7, 11) is 0. The molecule has 0 unspecified atom stereocenters. The number of esters is 1. The zero-order valence-electron chi connectivity index (χ0n) is 5.33. The molecule has 0 spiro atoms. The van der Waals surface area contributed by atoms with Crippen molar-refractivity contribution in [3.8, 4) is 0 Å². The number of rotatable bonds is 3. The first kappa shape index (κ1) is 8.17. The highest BCUT2D eigenvalue weighted by molar-refractivity contribution is 5.76. The van der Waals surface area contributed by atoms with Crippen molar-refractivity contribution in [1.82, 2.24) is 0 Å². The Bertz CT molecular complexity index is 109. The van der Waals surface area contributed by atoms with Crippen molar-refractivity contribution in [3.63, 3.8) is 0 Å². The first-order valence-electron chi connectivity index (χ1n) is 2.69. The molecule has 3 nitrogen and oxygen atoms in total. The van der Waals surface area contributed by atoms with Crippen molar-refractivity contribution in [2.75, 3.05) is 6.61 Å². The molecule has 9 heavy (non-hydrogen) atoms. The molecule has 0 saturated heterocycles. The van der Waals surface area contributed by atoms with Crippen molar-refractivity contribution in [1.29, 1.82) is 0 Å². The molecule has 0 aromatic carbocycles. The van der Waals surface area contributed by atoms with Gasteiger partial charge in [-0.3, -0.25) is 0 Å². The quantitative estimate of drug-likeness (QED) is 0.435. The number of aliphatic hydroxyl groups excluding tert-OH is 1. The number of hydrogen-bond donors (Lipinski definition) is 1. The predicted molar refractivity (Wildman–Crippen MR) is 32.8 cm³/mol. The van der Waals surface area contributed by atoms with E-state index >= 15 is 0 Å². The summed E-state index contributed by atoms with van der Waals surface area (Å²) in [6.07, 6.45) is -0.0530. The van der Waals surface area contributed by atoms with E-state index in [4.69, 9.17) is 5.11 Å². The molecule has 0 aliphatic rings. The minimum Gasteiger partial charge on any atom is -0.464 e. The summed E-state index contributed by atoms with van der Waals surface area (Å²) in [6, 6.07) is 0. The van der Waals surface area contributed by atoms with Gasteiger partial charge in [0, 0.05) is 0 Å². The number of hydrogen-bond acceptors (Lipinski definition) is 3. The lowest BCUT2D eigenvalue weighted by atomic mass is 10.4. The second kappa shape index (κ2) is 4.09. The Hall–Kier alpha value is -0.830. The molecule has 0 rings (SSSR count). The lowest BCUT2D eigenvalue weighted by Gasteiger charge is -2.02. The van der Waals surface area contributed by atoms with Gasteiger partial charge >= 0.3 is 5.97 Å². The van der Waals surface area contributed by atoms with Gasteiger partial charge < -0.3 is 9.84 Å². The van der Waals surface area contributed by atoms with Crippen molar-refractivity contribution >= 4 is 5.97 Å². The highest BCUT2D eigenvalue weighted by atomic mass is 16.5. The topological polar surface area (TPSA) is 46.5 Å². The van der Waals surface area contributed by atoms with Crippen LogP contribution >= 0.6 is 0 Å². The van der Waals surface area contributed by atoms with Gasteiger partial charge in [0.25, 0.3) is 0 Å². The highest BCUT2D eigenvalue weighted by Gasteiger charge is 2.09. The van der Waals surface area contributed by atoms with Crippen molar-refractivity contribution in [3.05, 3.63) is 12.7 Å². The minimum atomic E-state index is -1.18. The Morgan fingerprint density at radius 3 is 2.89 bits per heavy atom. The van der Waals surface area contributed by atoms with Crippen molar-refractivity contribution in [2.45, 2.75) is 13.0 Å². The smallest absolute Gasteiger partial charge is 0.338 e. The second-order valence-electron chi connectivity index (χ2n) is 1.43. The number of carbonyl (C=O) groups excluding carboxylic acids is 1. The maximum Gasteiger partial charge on any atom is 0.338 e. The molecule has 0 amide bonds. The van der Waals surface area contributed by atoms with Crippen LogP contribution < -0.4 is 0 Å². The van der Waals surface area contributed by atoms with Crippen LogP contribution in [0.15, 0.2) is 12.7 Å². The van der Waals surface area contributed by atoms with Gasteiger partial charge in [-0.1, -0.05) is 12.7 Å². The van der Waals surface area contributed by atoms with Crippen LogP contribution in [-0.2, 0) is 9.53 Å². The third kappa shape index (κ3) is 2.87. The molecule has 1 N–H and O–H groups in total. The van der Waals surface area contributed by atoms with Crippen LogP contribution in [0.3, 0.4) is 0 Å². The Balaban J connectivity index is 3.58. The van der Waals surface area contributed by atoms with Crippen LogP contribution in [0.2, 0.25) is 0 Å². The molecule has 52 valence electrons. The molecule has 0 radical (unpaired) electrons. The fraction of sp³-hybridized carbons (Fsp3) is 0.500. The molecule has 0 saturated carbocycles. The maximum absolute atomic E-state index is 10.4. The van der Waals surface area contributed by atoms with Gasteiger partial charge in [-0.05, 0) is 6.92 Å². The fourth-order valence-electron chi connectivity index (χ4n) is 0.324. The van der Waals surface area contributed by atoms with E-state index in [9.17, 15) is 4.79 Å². The van der Waals surface area contributed by atoms with Crippen molar-refractivity contribution in [2.24, 2.45) is 0 Å². The molecule has 0 fully saturated rings. The minimum absolute atomic E-state index is 0.281. The standard InChI is InChI=1S/C6H10O3/c1-3-5(7)6(8)9-4-2/h3,5,7H,1,4H2,2H3/t5-/m0/s1. The summed E-state index contributed by atoms with van der Waals surface area (Å²) < 4.78 is 4.43. The Morgan fingerprint density at radius 1 is 2.00 bits per heavy atom. The van der Waals surface area contributed by atoms with E-state index in [0.717, 1.165) is 6.08 Å². The number of carbonyl (C=O) groups is 1. The highest BCUT2D eigenvalue weighted by Crippen LogP contribution is 1.87. The monoisotopic (exact) mass is 130 g/mol. The summed E-state index contributed by atoms with van der Waals surface area (Å²) in [5.41, 5.74) is 0. The normalized spacial score (nSPS) is 12.2. The van der Waals surface area contributed by atoms with Gasteiger partial charge in [-0.2, -0.15) is 0 Å². The Labute approximate surface area is 53.9 Å². The molecular formula is C6H10O3. The zero-order valence-corrected chi connectivity index (χ0v) is 5.33. The second-order valence-corrected chi connectivity index (χ2v) is 1.43. The van der Waals surface area contributed by atoms with Gasteiger partial charge in [0.2, 0.25) is 0 Å². The fourth-order valence-corrected chi connectivity index (χ4v) is 0.324. The summed E-state index contributed by atoms with van der Waals surface area (Å²) in [5, 5.41) is 8.66. The average molecular weight is 130 g/mol. The van der Waals surface area contributed by atoms with Crippen molar-refractivity contribution < 1.29 is 14.6 Å². The van der Waals surface area contributed by atoms with E-state index in [1.54, 1.807) is 6.92 Å². The van der Waals surface area contributed by atoms with E-state index in [1.165, 1.54) is 0 Å². The molecule has 0 aromatic rings. The molecule has 0 heterocycles. The number of ether oxygens (including phenoxy) is 1. The van der Waals surface area contributed by atoms with Crippen LogP contribution in [0.1, 0.15) is 6.92 Å². The summed E-state index contributed by atoms with van der Waals surface area (Å²) in [4.78, 5) is 10.4. The molecule has 0 aliphatic heterocycles. The third-order valence-electron chi connectivity index (χ3n) is 0.751. The molecule has 1 atom stereocenters. The Kier molecular flexibility index (Phi) is 3.71. The van der Waals surface area contributed by atoms with E-state index in [2.05, 4.69) is 11.3 Å². The van der Waals surface area contributed by atoms with E-state index < -0.39 is 12.1 Å². The molecule has 0 bridgehead atoms. The molecule has 0 aromatic heterocycles. The summed E-state index contributed by atoms with van der Waals surface area (Å²) in [6.45, 7) is 5.17. The van der Waals surface area contributed by atoms with Crippen LogP contribution in [0.4, 0.5) is 0 Å². The van der Waals surface area contributed by atoms with Crippen LogP contribution in [0.5, 0.6) is 0 Å². The molecule has 0 aliphatic carbocycles. The van der Waals surface area contributed by atoms with E-state index in [0.29, 0.717) is 0 Å². The van der Waals surface area contributed by atoms with Gasteiger partial charge in [-0.25, -0.2) is 4.79 Å². The first-order chi connectivity index (χ1) is 4.22. The largest absolute Gasteiger partial charge is 0.464 e. The van der Waals surface area contributed by atoms with Crippen LogP contribution in [0.25, 0.3) is 0 Å². The number of aliphatic hydroxyl groups is 1. The van der Waals surface area contributed by atoms with Gasteiger partial charge in [-0.15, -0.1) is 0 Å². The van der Waals surface area contributed by atoms with Gasteiger partial charge in [0.05, 0.1) is 6.61 Å². The third-order valence-corrected chi connectivity index (χ3v) is 0.751. The van der Waals surface area contributed by atoms with Gasteiger partial charge in [0.15, 0.2) is 6.10 Å². The maximum atomic E-state index is 10.4. The molecular weight excluding hydrogens is 120 g/mol. The van der Waals surface area contributed by atoms with E-state index in [1.807, 2.05) is 0 Å². The zero-order chi connectivity index (χ0) is 7.28. The predicted octanol–water partition coefficient (Wildman–Crippen LogP) is 0.0964. The van der Waals surface area contributed by atoms with Crippen LogP contribution in [0, 0.1) is 0 Å².